The molecule has 1 fully saturated rings. The minimum atomic E-state index is -6.41. The summed E-state index contributed by atoms with van der Waals surface area (Å²) in [6.07, 6.45) is -6.37. The molecule has 5 N–H and O–H groups in total. The number of aliphatic hydroxyl groups is 2. The fraction of sp³-hybridized carbons (Fsp3) is 0.421. The van der Waals surface area contributed by atoms with Gasteiger partial charge in [0.25, 0.3) is 5.56 Å². The number of ether oxygens (including phenoxy) is 1. The maximum atomic E-state index is 13.7. The predicted molar refractivity (Wildman–Crippen MR) is 123 cm³/mol. The summed E-state index contributed by atoms with van der Waals surface area (Å²) in [5.41, 5.74) is -0.609. The van der Waals surface area contributed by atoms with Crippen LogP contribution in [-0.2, 0) is 32.0 Å². The molecular weight excluding hydrogens is 560 g/mol. The van der Waals surface area contributed by atoms with E-state index in [0.717, 1.165) is 26.9 Å². The Labute approximate surface area is 210 Å². The number of fused-ring (bicyclic) bond motifs is 1. The van der Waals surface area contributed by atoms with Gasteiger partial charge in [-0.05, 0) is 6.07 Å². The molecule has 5 atom stereocenters. The standard InChI is InChI=1S/C19H22F2N4O11P2/c1-23-12-5-3-2-4-10(12)11(22-23)8-25-14(26)6-7-24(18(25)29)17-16(28)15(27)13(36-17)9-35-38(33,34)19(20,21)37(30,31)32/h2-7,13,15-17,27-28H,8-9H2,1H3,(H,33,34)(H2,30,31,32)/t13-,15?,16?,17-/m1/s1. The lowest BCUT2D eigenvalue weighted by molar-refractivity contribution is -0.0551. The number of halogens is 2. The summed E-state index contributed by atoms with van der Waals surface area (Å²) in [6.45, 7) is -1.59. The van der Waals surface area contributed by atoms with E-state index in [1.807, 2.05) is 0 Å². The first-order chi connectivity index (χ1) is 17.6. The zero-order chi connectivity index (χ0) is 28.2. The highest BCUT2D eigenvalue weighted by molar-refractivity contribution is 7.72. The SMILES string of the molecule is Cn1nc(Cn2c(=O)ccn([C@@H]3O[C@H](COP(=O)(O)C(F)(F)P(=O)(O)O)C(O)C3O)c2=O)c2ccccc21. The van der Waals surface area contributed by atoms with Gasteiger partial charge in [0.2, 0.25) is 0 Å². The number of aryl methyl sites for hydroxylation is 1. The molecule has 38 heavy (non-hydrogen) atoms. The molecule has 0 aliphatic carbocycles. The van der Waals surface area contributed by atoms with Crippen LogP contribution in [0.5, 0.6) is 0 Å². The number of rotatable bonds is 8. The zero-order valence-electron chi connectivity index (χ0n) is 19.3. The van der Waals surface area contributed by atoms with E-state index >= 15 is 0 Å². The average molecular weight is 582 g/mol. The highest BCUT2D eigenvalue weighted by Crippen LogP contribution is 2.73. The molecule has 0 saturated carbocycles. The molecule has 0 bridgehead atoms. The molecule has 0 amide bonds. The lowest BCUT2D eigenvalue weighted by Crippen LogP contribution is -2.43. The van der Waals surface area contributed by atoms with Gasteiger partial charge in [-0.3, -0.25) is 27.7 Å². The maximum absolute atomic E-state index is 13.7. The van der Waals surface area contributed by atoms with Gasteiger partial charge in [0, 0.05) is 24.7 Å². The van der Waals surface area contributed by atoms with Crippen molar-refractivity contribution >= 4 is 26.1 Å². The largest absolute Gasteiger partial charge is 0.443 e. The number of para-hydroxylation sites is 1. The summed E-state index contributed by atoms with van der Waals surface area (Å²) in [6, 6.07) is 8.02. The van der Waals surface area contributed by atoms with E-state index in [2.05, 4.69) is 9.62 Å². The van der Waals surface area contributed by atoms with E-state index < -0.39 is 63.0 Å². The maximum Gasteiger partial charge on any atom is 0.443 e. The molecular formula is C19H22F2N4O11P2. The lowest BCUT2D eigenvalue weighted by atomic mass is 10.1. The third kappa shape index (κ3) is 4.81. The first-order valence-electron chi connectivity index (χ1n) is 10.7. The molecule has 1 aliphatic heterocycles. The van der Waals surface area contributed by atoms with Gasteiger partial charge in [-0.2, -0.15) is 13.9 Å². The van der Waals surface area contributed by atoms with Gasteiger partial charge in [0.05, 0.1) is 24.4 Å². The lowest BCUT2D eigenvalue weighted by Gasteiger charge is -2.24. The predicted octanol–water partition coefficient (Wildman–Crippen LogP) is -0.506. The van der Waals surface area contributed by atoms with Crippen molar-refractivity contribution in [3.63, 3.8) is 0 Å². The van der Waals surface area contributed by atoms with Crippen LogP contribution in [-0.4, -0.2) is 74.1 Å². The van der Waals surface area contributed by atoms with E-state index in [1.54, 1.807) is 36.0 Å². The Bertz CT molecular complexity index is 1580. The quantitative estimate of drug-likeness (QED) is 0.213. The van der Waals surface area contributed by atoms with Crippen molar-refractivity contribution in [1.82, 2.24) is 18.9 Å². The summed E-state index contributed by atoms with van der Waals surface area (Å²) in [5.74, 6) is 0. The second-order valence-electron chi connectivity index (χ2n) is 8.43. The summed E-state index contributed by atoms with van der Waals surface area (Å²) >= 11 is 0. The molecule has 19 heteroatoms. The van der Waals surface area contributed by atoms with Crippen LogP contribution in [0.15, 0.2) is 46.1 Å². The van der Waals surface area contributed by atoms with Crippen molar-refractivity contribution < 1.29 is 52.1 Å². The topological polar surface area (TPSA) is 216 Å². The van der Waals surface area contributed by atoms with E-state index in [1.165, 1.54) is 0 Å². The van der Waals surface area contributed by atoms with Crippen LogP contribution < -0.4 is 11.2 Å². The van der Waals surface area contributed by atoms with E-state index in [-0.39, 0.29) is 6.54 Å². The van der Waals surface area contributed by atoms with Gasteiger partial charge in [-0.15, -0.1) is 0 Å². The van der Waals surface area contributed by atoms with E-state index in [9.17, 15) is 42.6 Å². The van der Waals surface area contributed by atoms with Gasteiger partial charge < -0.3 is 34.2 Å². The first-order valence-corrected chi connectivity index (χ1v) is 13.9. The molecule has 4 rings (SSSR count). The Kier molecular flexibility index (Phi) is 7.37. The third-order valence-electron chi connectivity index (χ3n) is 5.95. The molecule has 1 aromatic carbocycles. The number of aromatic nitrogens is 4. The molecule has 1 saturated heterocycles. The third-order valence-corrected chi connectivity index (χ3v) is 9.37. The molecule has 1 aliphatic rings. The van der Waals surface area contributed by atoms with Crippen molar-refractivity contribution in [2.45, 2.75) is 36.5 Å². The van der Waals surface area contributed by atoms with E-state index in [0.29, 0.717) is 11.1 Å². The molecule has 3 aromatic rings. The number of alkyl halides is 2. The molecule has 3 unspecified atom stereocenters. The van der Waals surface area contributed by atoms with Crippen LogP contribution in [0.25, 0.3) is 10.9 Å². The highest BCUT2D eigenvalue weighted by atomic mass is 31.2. The second-order valence-corrected chi connectivity index (χ2v) is 12.3. The minimum Gasteiger partial charge on any atom is -0.387 e. The number of hydrogen-bond acceptors (Lipinski definition) is 9. The molecule has 3 heterocycles. The summed E-state index contributed by atoms with van der Waals surface area (Å²) in [4.78, 5) is 52.4. The van der Waals surface area contributed by atoms with Gasteiger partial charge in [0.1, 0.15) is 18.3 Å². The van der Waals surface area contributed by atoms with Gasteiger partial charge in [0.15, 0.2) is 6.23 Å². The Balaban J connectivity index is 1.59. The molecule has 0 spiro atoms. The molecule has 2 aromatic heterocycles. The number of hydrogen-bond donors (Lipinski definition) is 5. The van der Waals surface area contributed by atoms with Crippen molar-refractivity contribution in [1.29, 1.82) is 0 Å². The molecule has 0 radical (unpaired) electrons. The summed E-state index contributed by atoms with van der Waals surface area (Å²) < 4.78 is 62.5. The molecule has 208 valence electrons. The van der Waals surface area contributed by atoms with Crippen LogP contribution in [0.2, 0.25) is 0 Å². The van der Waals surface area contributed by atoms with Crippen LogP contribution in [0.1, 0.15) is 11.9 Å². The number of aliphatic hydroxyl groups excluding tert-OH is 2. The van der Waals surface area contributed by atoms with Crippen molar-refractivity contribution in [3.8, 4) is 0 Å². The molecule has 15 nitrogen and oxygen atoms in total. The van der Waals surface area contributed by atoms with Crippen LogP contribution in [0.3, 0.4) is 0 Å². The monoisotopic (exact) mass is 582 g/mol. The number of benzene rings is 1. The van der Waals surface area contributed by atoms with Crippen molar-refractivity contribution in [2.75, 3.05) is 6.61 Å². The number of nitrogens with zero attached hydrogens (tertiary/aromatic N) is 4. The Hall–Kier alpha value is -2.59. The fourth-order valence-electron chi connectivity index (χ4n) is 3.94. The van der Waals surface area contributed by atoms with Gasteiger partial charge in [-0.25, -0.2) is 4.79 Å². The normalized spacial score (nSPS) is 24.1. The van der Waals surface area contributed by atoms with Gasteiger partial charge in [-0.1, -0.05) is 18.2 Å². The van der Waals surface area contributed by atoms with Crippen LogP contribution in [0, 0.1) is 0 Å². The van der Waals surface area contributed by atoms with Gasteiger partial charge >= 0.3 is 26.3 Å². The highest BCUT2D eigenvalue weighted by Gasteiger charge is 2.65. The second kappa shape index (κ2) is 9.86. The zero-order valence-corrected chi connectivity index (χ0v) is 21.1. The summed E-state index contributed by atoms with van der Waals surface area (Å²) in [7, 11) is -11.0. The summed E-state index contributed by atoms with van der Waals surface area (Å²) in [5, 5.41) is 20.2. The smallest absolute Gasteiger partial charge is 0.387 e. The minimum absolute atomic E-state index is 0.275. The Morgan fingerprint density at radius 1 is 1.11 bits per heavy atom. The van der Waals surface area contributed by atoms with E-state index in [4.69, 9.17) is 14.5 Å². The van der Waals surface area contributed by atoms with Crippen molar-refractivity contribution in [2.24, 2.45) is 7.05 Å². The van der Waals surface area contributed by atoms with Crippen LogP contribution >= 0.6 is 15.2 Å². The Morgan fingerprint density at radius 2 is 1.76 bits per heavy atom. The van der Waals surface area contributed by atoms with Crippen molar-refractivity contribution in [3.05, 3.63) is 63.1 Å². The van der Waals surface area contributed by atoms with Crippen LogP contribution in [0.4, 0.5) is 8.78 Å². The fourth-order valence-corrected chi connectivity index (χ4v) is 5.93. The Morgan fingerprint density at radius 3 is 2.42 bits per heavy atom. The average Bonchev–Trinajstić information content (AvgIpc) is 3.30. The first kappa shape index (κ1) is 28.4.